The normalized spacial score (nSPS) is 10.8. The standard InChI is InChI=1S/C16H13F2N3O2S/c17-10-3-4-12(18)11(8-10)16(23)19-15-9-13(14-2-1-7-24-14)20-21(15)5-6-22/h1-4,7-9,22H,5-6H2,(H,19,23). The van der Waals surface area contributed by atoms with E-state index in [1.54, 1.807) is 6.07 Å². The van der Waals surface area contributed by atoms with Gasteiger partial charge in [0.25, 0.3) is 5.91 Å². The highest BCUT2D eigenvalue weighted by atomic mass is 32.1. The summed E-state index contributed by atoms with van der Waals surface area (Å²) >= 11 is 1.48. The molecule has 0 fully saturated rings. The average molecular weight is 349 g/mol. The number of halogens is 2. The number of nitrogens with one attached hydrogen (secondary N) is 1. The maximum Gasteiger partial charge on any atom is 0.259 e. The van der Waals surface area contributed by atoms with Crippen LogP contribution in [0.5, 0.6) is 0 Å². The zero-order valence-electron chi connectivity index (χ0n) is 12.4. The Labute approximate surface area is 140 Å². The number of aromatic nitrogens is 2. The lowest BCUT2D eigenvalue weighted by Crippen LogP contribution is -2.18. The first-order chi connectivity index (χ1) is 11.6. The zero-order valence-corrected chi connectivity index (χ0v) is 13.2. The summed E-state index contributed by atoms with van der Waals surface area (Å²) in [5.74, 6) is -2.02. The SMILES string of the molecule is O=C(Nc1cc(-c2cccs2)nn1CCO)c1cc(F)ccc1F. The van der Waals surface area contributed by atoms with Gasteiger partial charge in [0, 0.05) is 6.07 Å². The van der Waals surface area contributed by atoms with Crippen molar-refractivity contribution in [2.24, 2.45) is 0 Å². The van der Waals surface area contributed by atoms with Gasteiger partial charge in [-0.3, -0.25) is 4.79 Å². The number of amides is 1. The van der Waals surface area contributed by atoms with E-state index >= 15 is 0 Å². The molecule has 124 valence electrons. The first kappa shape index (κ1) is 16.3. The minimum atomic E-state index is -0.819. The molecule has 0 atom stereocenters. The highest BCUT2D eigenvalue weighted by Crippen LogP contribution is 2.26. The number of carbonyl (C=O) groups excluding carboxylic acids is 1. The molecule has 8 heteroatoms. The van der Waals surface area contributed by atoms with Crippen LogP contribution >= 0.6 is 11.3 Å². The Morgan fingerprint density at radius 1 is 1.29 bits per heavy atom. The van der Waals surface area contributed by atoms with E-state index < -0.39 is 23.1 Å². The maximum atomic E-state index is 13.7. The van der Waals surface area contributed by atoms with E-state index in [2.05, 4.69) is 10.4 Å². The van der Waals surface area contributed by atoms with Crippen molar-refractivity contribution in [1.29, 1.82) is 0 Å². The third-order valence-electron chi connectivity index (χ3n) is 3.28. The fraction of sp³-hybridized carbons (Fsp3) is 0.125. The number of rotatable bonds is 5. The Morgan fingerprint density at radius 2 is 2.12 bits per heavy atom. The summed E-state index contributed by atoms with van der Waals surface area (Å²) in [6, 6.07) is 8.02. The molecule has 2 heterocycles. The number of hydrogen-bond acceptors (Lipinski definition) is 4. The van der Waals surface area contributed by atoms with Gasteiger partial charge in [0.15, 0.2) is 0 Å². The molecule has 1 amide bonds. The molecule has 0 unspecified atom stereocenters. The highest BCUT2D eigenvalue weighted by molar-refractivity contribution is 7.13. The predicted molar refractivity (Wildman–Crippen MR) is 86.9 cm³/mol. The van der Waals surface area contributed by atoms with Gasteiger partial charge in [-0.05, 0) is 29.6 Å². The van der Waals surface area contributed by atoms with E-state index in [1.165, 1.54) is 16.0 Å². The minimum Gasteiger partial charge on any atom is -0.394 e. The monoisotopic (exact) mass is 349 g/mol. The van der Waals surface area contributed by atoms with Crippen molar-refractivity contribution in [3.63, 3.8) is 0 Å². The van der Waals surface area contributed by atoms with Crippen LogP contribution in [-0.2, 0) is 6.54 Å². The largest absolute Gasteiger partial charge is 0.394 e. The number of nitrogens with zero attached hydrogens (tertiary/aromatic N) is 2. The molecule has 2 aromatic heterocycles. The van der Waals surface area contributed by atoms with E-state index in [0.717, 1.165) is 23.1 Å². The van der Waals surface area contributed by atoms with Gasteiger partial charge in [0.1, 0.15) is 23.1 Å². The molecule has 0 aliphatic carbocycles. The smallest absolute Gasteiger partial charge is 0.259 e. The summed E-state index contributed by atoms with van der Waals surface area (Å²) in [5.41, 5.74) is 0.220. The van der Waals surface area contributed by atoms with Gasteiger partial charge in [0.2, 0.25) is 0 Å². The molecule has 2 N–H and O–H groups in total. The third-order valence-corrected chi connectivity index (χ3v) is 4.17. The summed E-state index contributed by atoms with van der Waals surface area (Å²) < 4.78 is 28.4. The minimum absolute atomic E-state index is 0.159. The van der Waals surface area contributed by atoms with Gasteiger partial charge < -0.3 is 10.4 Å². The van der Waals surface area contributed by atoms with Gasteiger partial charge in [0.05, 0.1) is 23.6 Å². The van der Waals surface area contributed by atoms with Gasteiger partial charge in [-0.2, -0.15) is 5.10 Å². The van der Waals surface area contributed by atoms with Crippen LogP contribution in [0, 0.1) is 11.6 Å². The molecule has 0 aliphatic heterocycles. The Kier molecular flexibility index (Phi) is 4.68. The number of aliphatic hydroxyl groups is 1. The third kappa shape index (κ3) is 3.34. The second-order valence-electron chi connectivity index (χ2n) is 4.92. The number of benzene rings is 1. The van der Waals surface area contributed by atoms with E-state index in [1.807, 2.05) is 17.5 Å². The van der Waals surface area contributed by atoms with Crippen LogP contribution < -0.4 is 5.32 Å². The summed E-state index contributed by atoms with van der Waals surface area (Å²) in [5, 5.41) is 17.8. The fourth-order valence-electron chi connectivity index (χ4n) is 2.18. The molecule has 3 aromatic rings. The van der Waals surface area contributed by atoms with E-state index in [4.69, 9.17) is 5.11 Å². The Hall–Kier alpha value is -2.58. The average Bonchev–Trinajstić information content (AvgIpc) is 3.20. The zero-order chi connectivity index (χ0) is 17.1. The second-order valence-corrected chi connectivity index (χ2v) is 5.86. The van der Waals surface area contributed by atoms with Crippen molar-refractivity contribution >= 4 is 23.1 Å². The van der Waals surface area contributed by atoms with Crippen LogP contribution in [0.3, 0.4) is 0 Å². The fourth-order valence-corrected chi connectivity index (χ4v) is 2.86. The van der Waals surface area contributed by atoms with E-state index in [9.17, 15) is 13.6 Å². The van der Waals surface area contributed by atoms with E-state index in [-0.39, 0.29) is 13.2 Å². The summed E-state index contributed by atoms with van der Waals surface area (Å²) in [6.07, 6.45) is 0. The van der Waals surface area contributed by atoms with Crippen molar-refractivity contribution in [2.75, 3.05) is 11.9 Å². The summed E-state index contributed by atoms with van der Waals surface area (Å²) in [6.45, 7) is -0.0185. The van der Waals surface area contributed by atoms with Gasteiger partial charge >= 0.3 is 0 Å². The molecule has 0 aliphatic rings. The molecule has 0 radical (unpaired) electrons. The van der Waals surface area contributed by atoms with Crippen LogP contribution in [0.4, 0.5) is 14.6 Å². The van der Waals surface area contributed by atoms with Crippen LogP contribution in [-0.4, -0.2) is 27.4 Å². The van der Waals surface area contributed by atoms with Gasteiger partial charge in [-0.15, -0.1) is 11.3 Å². The maximum absolute atomic E-state index is 13.7. The summed E-state index contributed by atoms with van der Waals surface area (Å²) in [4.78, 5) is 13.1. The number of anilines is 1. The second kappa shape index (κ2) is 6.90. The molecule has 0 bridgehead atoms. The Bertz CT molecular complexity index is 862. The van der Waals surface area contributed by atoms with Crippen LogP contribution in [0.1, 0.15) is 10.4 Å². The Morgan fingerprint density at radius 3 is 2.83 bits per heavy atom. The van der Waals surface area contributed by atoms with Gasteiger partial charge in [-0.1, -0.05) is 6.07 Å². The molecule has 5 nitrogen and oxygen atoms in total. The highest BCUT2D eigenvalue weighted by Gasteiger charge is 2.17. The lowest BCUT2D eigenvalue weighted by Gasteiger charge is -2.08. The Balaban J connectivity index is 1.91. The number of aliphatic hydroxyl groups excluding tert-OH is 1. The molecule has 0 spiro atoms. The van der Waals surface area contributed by atoms with Crippen molar-refractivity contribution in [3.8, 4) is 10.6 Å². The number of thiophene rings is 1. The van der Waals surface area contributed by atoms with Crippen LogP contribution in [0.25, 0.3) is 10.6 Å². The van der Waals surface area contributed by atoms with Crippen LogP contribution in [0.15, 0.2) is 41.8 Å². The predicted octanol–water partition coefficient (Wildman–Crippen LogP) is 3.13. The molecule has 1 aromatic carbocycles. The van der Waals surface area contributed by atoms with Crippen molar-refractivity contribution in [1.82, 2.24) is 9.78 Å². The molecule has 0 saturated carbocycles. The number of hydrogen-bond donors (Lipinski definition) is 2. The number of carbonyl (C=O) groups is 1. The molecule has 3 rings (SSSR count). The van der Waals surface area contributed by atoms with Crippen molar-refractivity contribution in [2.45, 2.75) is 6.54 Å². The summed E-state index contributed by atoms with van der Waals surface area (Å²) in [7, 11) is 0. The van der Waals surface area contributed by atoms with Crippen molar-refractivity contribution in [3.05, 3.63) is 59.0 Å². The van der Waals surface area contributed by atoms with Crippen molar-refractivity contribution < 1.29 is 18.7 Å². The van der Waals surface area contributed by atoms with E-state index in [0.29, 0.717) is 11.5 Å². The lowest BCUT2D eigenvalue weighted by molar-refractivity contribution is 0.102. The van der Waals surface area contributed by atoms with Crippen LogP contribution in [0.2, 0.25) is 0 Å². The molecule has 0 saturated heterocycles. The topological polar surface area (TPSA) is 67.2 Å². The molecule has 24 heavy (non-hydrogen) atoms. The first-order valence-corrected chi connectivity index (χ1v) is 7.95. The van der Waals surface area contributed by atoms with Gasteiger partial charge in [-0.25, -0.2) is 13.5 Å². The quantitative estimate of drug-likeness (QED) is 0.744. The molecular weight excluding hydrogens is 336 g/mol. The lowest BCUT2D eigenvalue weighted by atomic mass is 10.2. The first-order valence-electron chi connectivity index (χ1n) is 7.07. The molecular formula is C16H13F2N3O2S.